The third-order valence-electron chi connectivity index (χ3n) is 2.92. The lowest BCUT2D eigenvalue weighted by atomic mass is 10.0. The Labute approximate surface area is 89.3 Å². The molecule has 4 heteroatoms. The Balaban J connectivity index is 2.20. The summed E-state index contributed by atoms with van der Waals surface area (Å²) in [4.78, 5) is 16.2. The van der Waals surface area contributed by atoms with Crippen LogP contribution in [0.25, 0.3) is 0 Å². The van der Waals surface area contributed by atoms with Gasteiger partial charge in [-0.1, -0.05) is 6.92 Å². The summed E-state index contributed by atoms with van der Waals surface area (Å²) >= 11 is 0. The van der Waals surface area contributed by atoms with E-state index < -0.39 is 0 Å². The molecule has 4 nitrogen and oxygen atoms in total. The standard InChI is InChI=1S/C11H16N2O2/c1-3-13-6-5-12-11(13)9(14)10-8(2)4-7-15-10/h5-6,8,10H,3-4,7H2,1-2H3. The van der Waals surface area contributed by atoms with Gasteiger partial charge in [0.15, 0.2) is 5.82 Å². The Hall–Kier alpha value is -1.16. The van der Waals surface area contributed by atoms with Gasteiger partial charge in [0.05, 0.1) is 0 Å². The zero-order chi connectivity index (χ0) is 10.8. The van der Waals surface area contributed by atoms with Crippen molar-refractivity contribution in [1.82, 2.24) is 9.55 Å². The van der Waals surface area contributed by atoms with E-state index in [0.717, 1.165) is 13.0 Å². The molecule has 1 aromatic heterocycles. The van der Waals surface area contributed by atoms with Gasteiger partial charge in [-0.05, 0) is 19.3 Å². The van der Waals surface area contributed by atoms with E-state index in [1.807, 2.05) is 17.7 Å². The van der Waals surface area contributed by atoms with Crippen LogP contribution >= 0.6 is 0 Å². The Bertz CT molecular complexity index is 359. The van der Waals surface area contributed by atoms with E-state index in [1.165, 1.54) is 0 Å². The molecule has 1 aliphatic rings. The van der Waals surface area contributed by atoms with Crippen LogP contribution in [0.5, 0.6) is 0 Å². The average Bonchev–Trinajstić information content (AvgIpc) is 2.84. The number of hydrogen-bond acceptors (Lipinski definition) is 3. The van der Waals surface area contributed by atoms with Crippen molar-refractivity contribution in [3.63, 3.8) is 0 Å². The molecule has 82 valence electrons. The monoisotopic (exact) mass is 208 g/mol. The number of aromatic nitrogens is 2. The zero-order valence-electron chi connectivity index (χ0n) is 9.14. The molecule has 2 unspecified atom stereocenters. The number of nitrogens with zero attached hydrogens (tertiary/aromatic N) is 2. The van der Waals surface area contributed by atoms with Crippen LogP contribution in [0.2, 0.25) is 0 Å². The van der Waals surface area contributed by atoms with E-state index in [1.54, 1.807) is 6.20 Å². The second kappa shape index (κ2) is 4.14. The predicted molar refractivity (Wildman–Crippen MR) is 55.8 cm³/mol. The molecule has 1 aliphatic heterocycles. The van der Waals surface area contributed by atoms with Crippen molar-refractivity contribution >= 4 is 5.78 Å². The Morgan fingerprint density at radius 2 is 2.53 bits per heavy atom. The number of imidazole rings is 1. The van der Waals surface area contributed by atoms with E-state index in [2.05, 4.69) is 11.9 Å². The van der Waals surface area contributed by atoms with Crippen molar-refractivity contribution in [2.75, 3.05) is 6.61 Å². The molecule has 0 aromatic carbocycles. The first-order chi connectivity index (χ1) is 7.24. The highest BCUT2D eigenvalue weighted by Gasteiger charge is 2.33. The van der Waals surface area contributed by atoms with Gasteiger partial charge in [0.1, 0.15) is 6.10 Å². The molecule has 2 heterocycles. The topological polar surface area (TPSA) is 44.1 Å². The molecule has 1 aromatic rings. The maximum absolute atomic E-state index is 12.1. The van der Waals surface area contributed by atoms with Crippen molar-refractivity contribution < 1.29 is 9.53 Å². The second-order valence-electron chi connectivity index (χ2n) is 3.96. The maximum Gasteiger partial charge on any atom is 0.227 e. The first-order valence-corrected chi connectivity index (χ1v) is 5.41. The fourth-order valence-electron chi connectivity index (χ4n) is 1.95. The van der Waals surface area contributed by atoms with Gasteiger partial charge in [0.2, 0.25) is 5.78 Å². The molecule has 0 N–H and O–H groups in total. The summed E-state index contributed by atoms with van der Waals surface area (Å²) in [6, 6.07) is 0. The van der Waals surface area contributed by atoms with E-state index in [-0.39, 0.29) is 11.9 Å². The molecule has 2 atom stereocenters. The fourth-order valence-corrected chi connectivity index (χ4v) is 1.95. The van der Waals surface area contributed by atoms with Crippen molar-refractivity contribution in [3.8, 4) is 0 Å². The van der Waals surface area contributed by atoms with Crippen LogP contribution in [0.1, 0.15) is 30.9 Å². The molecule has 15 heavy (non-hydrogen) atoms. The molecular weight excluding hydrogens is 192 g/mol. The SMILES string of the molecule is CCn1ccnc1C(=O)C1OCCC1C. The lowest BCUT2D eigenvalue weighted by Gasteiger charge is -2.13. The van der Waals surface area contributed by atoms with Crippen LogP contribution in [0.4, 0.5) is 0 Å². The minimum atomic E-state index is -0.294. The summed E-state index contributed by atoms with van der Waals surface area (Å²) in [7, 11) is 0. The lowest BCUT2D eigenvalue weighted by Crippen LogP contribution is -2.28. The highest BCUT2D eigenvalue weighted by Crippen LogP contribution is 2.23. The van der Waals surface area contributed by atoms with Gasteiger partial charge in [0.25, 0.3) is 0 Å². The van der Waals surface area contributed by atoms with Gasteiger partial charge < -0.3 is 9.30 Å². The van der Waals surface area contributed by atoms with Gasteiger partial charge in [-0.15, -0.1) is 0 Å². The quantitative estimate of drug-likeness (QED) is 0.707. The smallest absolute Gasteiger partial charge is 0.227 e. The molecule has 2 rings (SSSR count). The van der Waals surface area contributed by atoms with Gasteiger partial charge in [-0.3, -0.25) is 4.79 Å². The Morgan fingerprint density at radius 3 is 3.13 bits per heavy atom. The molecule has 1 fully saturated rings. The summed E-state index contributed by atoms with van der Waals surface area (Å²) < 4.78 is 7.31. The Kier molecular flexibility index (Phi) is 2.86. The molecule has 0 spiro atoms. The molecule has 0 amide bonds. The molecule has 0 aliphatic carbocycles. The number of aryl methyl sites for hydroxylation is 1. The Morgan fingerprint density at radius 1 is 1.73 bits per heavy atom. The molecule has 1 saturated heterocycles. The van der Waals surface area contributed by atoms with E-state index >= 15 is 0 Å². The molecular formula is C11H16N2O2. The van der Waals surface area contributed by atoms with Crippen LogP contribution in [0.3, 0.4) is 0 Å². The van der Waals surface area contributed by atoms with Crippen LogP contribution in [-0.4, -0.2) is 28.0 Å². The van der Waals surface area contributed by atoms with Crippen LogP contribution in [0.15, 0.2) is 12.4 Å². The number of ether oxygens (including phenoxy) is 1. The van der Waals surface area contributed by atoms with Crippen molar-refractivity contribution in [2.45, 2.75) is 32.9 Å². The van der Waals surface area contributed by atoms with Crippen molar-refractivity contribution in [2.24, 2.45) is 5.92 Å². The number of ketones is 1. The fraction of sp³-hybridized carbons (Fsp3) is 0.636. The molecule has 0 bridgehead atoms. The zero-order valence-corrected chi connectivity index (χ0v) is 9.14. The number of rotatable bonds is 3. The number of carbonyl (C=O) groups is 1. The van der Waals surface area contributed by atoms with Crippen LogP contribution < -0.4 is 0 Å². The van der Waals surface area contributed by atoms with E-state index in [0.29, 0.717) is 18.3 Å². The minimum absolute atomic E-state index is 0.0202. The molecule has 0 saturated carbocycles. The summed E-state index contributed by atoms with van der Waals surface area (Å²) in [5, 5.41) is 0. The summed E-state index contributed by atoms with van der Waals surface area (Å²) in [6.07, 6.45) is 4.16. The lowest BCUT2D eigenvalue weighted by molar-refractivity contribution is 0.0564. The largest absolute Gasteiger partial charge is 0.370 e. The summed E-state index contributed by atoms with van der Waals surface area (Å²) in [6.45, 7) is 5.50. The van der Waals surface area contributed by atoms with Crippen molar-refractivity contribution in [1.29, 1.82) is 0 Å². The average molecular weight is 208 g/mol. The van der Waals surface area contributed by atoms with E-state index in [4.69, 9.17) is 4.74 Å². The van der Waals surface area contributed by atoms with E-state index in [9.17, 15) is 4.79 Å². The predicted octanol–water partition coefficient (Wildman–Crippen LogP) is 1.51. The number of hydrogen-bond donors (Lipinski definition) is 0. The van der Waals surface area contributed by atoms with Crippen molar-refractivity contribution in [3.05, 3.63) is 18.2 Å². The first-order valence-electron chi connectivity index (χ1n) is 5.41. The van der Waals surface area contributed by atoms with Gasteiger partial charge in [-0.2, -0.15) is 0 Å². The maximum atomic E-state index is 12.1. The van der Waals surface area contributed by atoms with Crippen LogP contribution in [0, 0.1) is 5.92 Å². The number of Topliss-reactive ketones (excluding diaryl/α,β-unsaturated/α-hetero) is 1. The summed E-state index contributed by atoms with van der Waals surface area (Å²) in [5.41, 5.74) is 0. The summed E-state index contributed by atoms with van der Waals surface area (Å²) in [5.74, 6) is 0.850. The van der Waals surface area contributed by atoms with Gasteiger partial charge >= 0.3 is 0 Å². The third-order valence-corrected chi connectivity index (χ3v) is 2.92. The number of carbonyl (C=O) groups excluding carboxylic acids is 1. The van der Waals surface area contributed by atoms with Crippen LogP contribution in [-0.2, 0) is 11.3 Å². The second-order valence-corrected chi connectivity index (χ2v) is 3.96. The van der Waals surface area contributed by atoms with Gasteiger partial charge in [0, 0.05) is 25.5 Å². The van der Waals surface area contributed by atoms with Gasteiger partial charge in [-0.25, -0.2) is 4.98 Å². The normalized spacial score (nSPS) is 25.7. The highest BCUT2D eigenvalue weighted by atomic mass is 16.5. The molecule has 0 radical (unpaired) electrons. The first kappa shape index (κ1) is 10.4. The third kappa shape index (κ3) is 1.81. The minimum Gasteiger partial charge on any atom is -0.370 e. The highest BCUT2D eigenvalue weighted by molar-refractivity contribution is 5.96.